The summed E-state index contributed by atoms with van der Waals surface area (Å²) < 4.78 is 1.85. The number of nitrogens with zero attached hydrogens (tertiary/aromatic N) is 2. The molecular formula is C15H28N4O2. The van der Waals surface area contributed by atoms with Gasteiger partial charge in [0.1, 0.15) is 0 Å². The molecule has 6 heteroatoms. The molecule has 0 aliphatic carbocycles. The second kappa shape index (κ2) is 8.02. The number of carbonyl (C=O) groups is 1. The number of rotatable bonds is 7. The van der Waals surface area contributed by atoms with Crippen LogP contribution in [0.3, 0.4) is 0 Å². The van der Waals surface area contributed by atoms with E-state index in [9.17, 15) is 9.90 Å². The topological polar surface area (TPSA) is 79.2 Å². The molecule has 1 aromatic rings. The summed E-state index contributed by atoms with van der Waals surface area (Å²) in [4.78, 5) is 11.7. The van der Waals surface area contributed by atoms with E-state index >= 15 is 0 Å². The van der Waals surface area contributed by atoms with E-state index < -0.39 is 6.10 Å². The van der Waals surface area contributed by atoms with Crippen molar-refractivity contribution in [3.63, 3.8) is 0 Å². The smallest absolute Gasteiger partial charge is 0.314 e. The summed E-state index contributed by atoms with van der Waals surface area (Å²) in [7, 11) is 1.92. The highest BCUT2D eigenvalue weighted by Gasteiger charge is 2.13. The van der Waals surface area contributed by atoms with Gasteiger partial charge in [-0.1, -0.05) is 20.3 Å². The molecule has 0 saturated carbocycles. The molecule has 2 unspecified atom stereocenters. The molecule has 120 valence electrons. The fraction of sp³-hybridized carbons (Fsp3) is 0.733. The van der Waals surface area contributed by atoms with Gasteiger partial charge in [0, 0.05) is 25.8 Å². The standard InChI is InChI=1S/C15H28N4O2/c1-6-10(2)14(20)9-17-15(21)16-8-7-13-11(3)18-19(5)12(13)4/h10,14,20H,6-9H2,1-5H3,(H2,16,17,21). The van der Waals surface area contributed by atoms with Crippen molar-refractivity contribution < 1.29 is 9.90 Å². The lowest BCUT2D eigenvalue weighted by atomic mass is 10.0. The van der Waals surface area contributed by atoms with E-state index in [2.05, 4.69) is 15.7 Å². The fourth-order valence-electron chi connectivity index (χ4n) is 2.21. The Morgan fingerprint density at radius 1 is 1.38 bits per heavy atom. The Balaban J connectivity index is 2.31. The van der Waals surface area contributed by atoms with Crippen LogP contribution in [0.1, 0.15) is 37.2 Å². The van der Waals surface area contributed by atoms with Gasteiger partial charge in [-0.25, -0.2) is 4.79 Å². The highest BCUT2D eigenvalue weighted by molar-refractivity contribution is 5.73. The lowest BCUT2D eigenvalue weighted by Gasteiger charge is -2.17. The first-order chi connectivity index (χ1) is 9.86. The molecule has 0 fully saturated rings. The number of urea groups is 1. The minimum absolute atomic E-state index is 0.186. The fourth-order valence-corrected chi connectivity index (χ4v) is 2.21. The van der Waals surface area contributed by atoms with Gasteiger partial charge in [-0.05, 0) is 31.7 Å². The maximum absolute atomic E-state index is 11.7. The summed E-state index contributed by atoms with van der Waals surface area (Å²) in [5, 5.41) is 19.7. The van der Waals surface area contributed by atoms with Crippen molar-refractivity contribution >= 4 is 6.03 Å². The Bertz CT molecular complexity index is 470. The van der Waals surface area contributed by atoms with Crippen molar-refractivity contribution in [3.05, 3.63) is 17.0 Å². The van der Waals surface area contributed by atoms with Crippen LogP contribution in [0.2, 0.25) is 0 Å². The number of aryl methyl sites for hydroxylation is 2. The summed E-state index contributed by atoms with van der Waals surface area (Å²) in [6, 6.07) is -0.239. The highest BCUT2D eigenvalue weighted by atomic mass is 16.3. The summed E-state index contributed by atoms with van der Waals surface area (Å²) in [5.41, 5.74) is 3.31. The highest BCUT2D eigenvalue weighted by Crippen LogP contribution is 2.11. The predicted octanol–water partition coefficient (Wildman–Crippen LogP) is 1.29. The first kappa shape index (κ1) is 17.5. The number of aliphatic hydroxyl groups is 1. The third-order valence-electron chi connectivity index (χ3n) is 4.09. The quantitative estimate of drug-likeness (QED) is 0.709. The summed E-state index contributed by atoms with van der Waals surface area (Å²) in [6.07, 6.45) is 1.15. The molecule has 3 N–H and O–H groups in total. The van der Waals surface area contributed by atoms with Crippen LogP contribution in [0.15, 0.2) is 0 Å². The Morgan fingerprint density at radius 3 is 2.57 bits per heavy atom. The molecule has 0 spiro atoms. The van der Waals surface area contributed by atoms with Crippen molar-refractivity contribution in [2.24, 2.45) is 13.0 Å². The van der Waals surface area contributed by atoms with Crippen LogP contribution < -0.4 is 10.6 Å². The monoisotopic (exact) mass is 296 g/mol. The first-order valence-electron chi connectivity index (χ1n) is 7.55. The van der Waals surface area contributed by atoms with Gasteiger partial charge in [-0.15, -0.1) is 0 Å². The van der Waals surface area contributed by atoms with Crippen LogP contribution in [0.25, 0.3) is 0 Å². The third-order valence-corrected chi connectivity index (χ3v) is 4.09. The number of hydrogen-bond acceptors (Lipinski definition) is 3. The van der Waals surface area contributed by atoms with Gasteiger partial charge >= 0.3 is 6.03 Å². The molecule has 0 radical (unpaired) electrons. The van der Waals surface area contributed by atoms with E-state index in [0.29, 0.717) is 6.54 Å². The minimum atomic E-state index is -0.497. The van der Waals surface area contributed by atoms with Crippen LogP contribution >= 0.6 is 0 Å². The van der Waals surface area contributed by atoms with E-state index in [0.717, 1.165) is 24.2 Å². The molecular weight excluding hydrogens is 268 g/mol. The Labute approximate surface area is 126 Å². The zero-order valence-electron chi connectivity index (χ0n) is 13.7. The van der Waals surface area contributed by atoms with Gasteiger partial charge < -0.3 is 15.7 Å². The van der Waals surface area contributed by atoms with Crippen molar-refractivity contribution in [2.45, 2.75) is 46.6 Å². The molecule has 0 saturated heterocycles. The Kier molecular flexibility index (Phi) is 6.68. The van der Waals surface area contributed by atoms with E-state index in [1.165, 1.54) is 5.56 Å². The lowest BCUT2D eigenvalue weighted by molar-refractivity contribution is 0.114. The average Bonchev–Trinajstić information content (AvgIpc) is 2.70. The van der Waals surface area contributed by atoms with Crippen LogP contribution in [-0.2, 0) is 13.5 Å². The largest absolute Gasteiger partial charge is 0.391 e. The second-order valence-electron chi connectivity index (χ2n) is 5.61. The molecule has 0 bridgehead atoms. The SMILES string of the molecule is CCC(C)C(O)CNC(=O)NCCc1c(C)nn(C)c1C. The van der Waals surface area contributed by atoms with Gasteiger partial charge in [0.2, 0.25) is 0 Å². The number of amides is 2. The molecule has 21 heavy (non-hydrogen) atoms. The summed E-state index contributed by atoms with van der Waals surface area (Å²) in [6.45, 7) is 8.83. The lowest BCUT2D eigenvalue weighted by Crippen LogP contribution is -2.42. The van der Waals surface area contributed by atoms with Gasteiger partial charge in [0.25, 0.3) is 0 Å². The number of carbonyl (C=O) groups excluding carboxylic acids is 1. The number of aromatic nitrogens is 2. The number of nitrogens with one attached hydrogen (secondary N) is 2. The van der Waals surface area contributed by atoms with Gasteiger partial charge in [-0.3, -0.25) is 4.68 Å². The van der Waals surface area contributed by atoms with Crippen LogP contribution in [0.5, 0.6) is 0 Å². The maximum Gasteiger partial charge on any atom is 0.314 e. The van der Waals surface area contributed by atoms with Crippen molar-refractivity contribution in [1.82, 2.24) is 20.4 Å². The Hall–Kier alpha value is -1.56. The molecule has 1 heterocycles. The van der Waals surface area contributed by atoms with Crippen molar-refractivity contribution in [3.8, 4) is 0 Å². The predicted molar refractivity (Wildman–Crippen MR) is 83.2 cm³/mol. The van der Waals surface area contributed by atoms with Crippen LogP contribution in [0, 0.1) is 19.8 Å². The zero-order chi connectivity index (χ0) is 16.0. The third kappa shape index (κ3) is 5.04. The first-order valence-corrected chi connectivity index (χ1v) is 7.55. The number of hydrogen-bond donors (Lipinski definition) is 3. The van der Waals surface area contributed by atoms with E-state index in [1.807, 2.05) is 39.4 Å². The summed E-state index contributed by atoms with van der Waals surface area (Å²) in [5.74, 6) is 0.186. The molecule has 1 aromatic heterocycles. The molecule has 6 nitrogen and oxygen atoms in total. The zero-order valence-corrected chi connectivity index (χ0v) is 13.7. The molecule has 0 aliphatic rings. The normalized spacial score (nSPS) is 13.8. The molecule has 1 rings (SSSR count). The molecule has 2 atom stereocenters. The van der Waals surface area contributed by atoms with E-state index in [-0.39, 0.29) is 18.5 Å². The summed E-state index contributed by atoms with van der Waals surface area (Å²) >= 11 is 0. The number of aliphatic hydroxyl groups excluding tert-OH is 1. The van der Waals surface area contributed by atoms with Crippen LogP contribution in [-0.4, -0.2) is 40.1 Å². The van der Waals surface area contributed by atoms with Crippen LogP contribution in [0.4, 0.5) is 4.79 Å². The van der Waals surface area contributed by atoms with Gasteiger partial charge in [-0.2, -0.15) is 5.10 Å². The van der Waals surface area contributed by atoms with Gasteiger partial charge in [0.05, 0.1) is 11.8 Å². The van der Waals surface area contributed by atoms with E-state index in [4.69, 9.17) is 0 Å². The van der Waals surface area contributed by atoms with Crippen molar-refractivity contribution in [1.29, 1.82) is 0 Å². The minimum Gasteiger partial charge on any atom is -0.391 e. The second-order valence-corrected chi connectivity index (χ2v) is 5.61. The maximum atomic E-state index is 11.7. The van der Waals surface area contributed by atoms with E-state index in [1.54, 1.807) is 0 Å². The van der Waals surface area contributed by atoms with Gasteiger partial charge in [0.15, 0.2) is 0 Å². The molecule has 0 aromatic carbocycles. The molecule has 2 amide bonds. The molecule has 0 aliphatic heterocycles. The van der Waals surface area contributed by atoms with Crippen molar-refractivity contribution in [2.75, 3.05) is 13.1 Å². The Morgan fingerprint density at radius 2 is 2.05 bits per heavy atom. The average molecular weight is 296 g/mol.